The van der Waals surface area contributed by atoms with Gasteiger partial charge in [0.25, 0.3) is 5.69 Å². The minimum absolute atomic E-state index is 0.0695. The molecule has 0 bridgehead atoms. The number of hydrogen-bond donors (Lipinski definition) is 0. The van der Waals surface area contributed by atoms with Gasteiger partial charge in [0.2, 0.25) is 6.08 Å². The van der Waals surface area contributed by atoms with Gasteiger partial charge in [0.05, 0.1) is 10.6 Å². The van der Waals surface area contributed by atoms with Crippen LogP contribution in [0, 0.1) is 10.1 Å². The first kappa shape index (κ1) is 13.0. The first-order chi connectivity index (χ1) is 9.19. The zero-order valence-corrected chi connectivity index (χ0v) is 10.5. The third-order valence-electron chi connectivity index (χ3n) is 2.29. The monoisotopic (exact) mass is 272 g/mol. The van der Waals surface area contributed by atoms with E-state index in [2.05, 4.69) is 4.99 Å². The van der Waals surface area contributed by atoms with E-state index in [0.717, 1.165) is 9.79 Å². The molecule has 0 spiro atoms. The summed E-state index contributed by atoms with van der Waals surface area (Å²) >= 11 is 1.47. The second-order valence-electron chi connectivity index (χ2n) is 3.55. The number of benzene rings is 2. The van der Waals surface area contributed by atoms with E-state index in [9.17, 15) is 14.9 Å². The fraction of sp³-hybridized carbons (Fsp3) is 0. The zero-order chi connectivity index (χ0) is 13.7. The molecule has 0 amide bonds. The molecule has 0 unspecified atom stereocenters. The molecule has 6 heteroatoms. The highest BCUT2D eigenvalue weighted by molar-refractivity contribution is 7.99. The van der Waals surface area contributed by atoms with Gasteiger partial charge in [0.15, 0.2) is 0 Å². The molecule has 2 rings (SSSR count). The van der Waals surface area contributed by atoms with E-state index < -0.39 is 4.92 Å². The Kier molecular flexibility index (Phi) is 4.07. The maximum Gasteiger partial charge on any atom is 0.269 e. The molecule has 0 aromatic heterocycles. The smallest absolute Gasteiger partial charge is 0.258 e. The van der Waals surface area contributed by atoms with Crippen LogP contribution < -0.4 is 0 Å². The van der Waals surface area contributed by atoms with E-state index in [1.165, 1.54) is 30.0 Å². The maximum atomic E-state index is 10.5. The van der Waals surface area contributed by atoms with Gasteiger partial charge in [-0.1, -0.05) is 11.8 Å². The lowest BCUT2D eigenvalue weighted by molar-refractivity contribution is -0.384. The van der Waals surface area contributed by atoms with Gasteiger partial charge >= 0.3 is 0 Å². The topological polar surface area (TPSA) is 72.6 Å². The minimum Gasteiger partial charge on any atom is -0.258 e. The van der Waals surface area contributed by atoms with Gasteiger partial charge in [-0.3, -0.25) is 10.1 Å². The molecule has 19 heavy (non-hydrogen) atoms. The second-order valence-corrected chi connectivity index (χ2v) is 4.70. The lowest BCUT2D eigenvalue weighted by Crippen LogP contribution is -1.86. The molecule has 0 saturated heterocycles. The summed E-state index contributed by atoms with van der Waals surface area (Å²) in [5.41, 5.74) is 0.614. The average molecular weight is 272 g/mol. The molecule has 0 aliphatic rings. The van der Waals surface area contributed by atoms with Crippen LogP contribution >= 0.6 is 11.8 Å². The van der Waals surface area contributed by atoms with E-state index in [0.29, 0.717) is 5.69 Å². The van der Waals surface area contributed by atoms with Crippen LogP contribution in [0.3, 0.4) is 0 Å². The molecule has 0 saturated carbocycles. The first-order valence-corrected chi connectivity index (χ1v) is 6.11. The highest BCUT2D eigenvalue weighted by atomic mass is 32.2. The van der Waals surface area contributed by atoms with Crippen molar-refractivity contribution in [3.05, 3.63) is 58.6 Å². The van der Waals surface area contributed by atoms with Gasteiger partial charge in [-0.2, -0.15) is 4.99 Å². The fourth-order valence-electron chi connectivity index (χ4n) is 1.41. The quantitative estimate of drug-likeness (QED) is 0.368. The SMILES string of the molecule is O=C=Nc1ccc(Sc2ccc([N+](=O)[O-])cc2)cc1. The summed E-state index contributed by atoms with van der Waals surface area (Å²) < 4.78 is 0. The van der Waals surface area contributed by atoms with Gasteiger partial charge in [-0.25, -0.2) is 4.79 Å². The van der Waals surface area contributed by atoms with Crippen molar-refractivity contribution < 1.29 is 9.72 Å². The number of nitro groups is 1. The van der Waals surface area contributed by atoms with Crippen LogP contribution in [0.4, 0.5) is 11.4 Å². The van der Waals surface area contributed by atoms with Crippen molar-refractivity contribution in [2.45, 2.75) is 9.79 Å². The van der Waals surface area contributed by atoms with Crippen LogP contribution in [-0.4, -0.2) is 11.0 Å². The lowest BCUT2D eigenvalue weighted by atomic mass is 10.3. The largest absolute Gasteiger partial charge is 0.269 e. The van der Waals surface area contributed by atoms with E-state index in [4.69, 9.17) is 0 Å². The number of nitrogens with zero attached hydrogens (tertiary/aromatic N) is 2. The number of isocyanates is 1. The number of aliphatic imine (C=N–C) groups is 1. The number of hydrogen-bond acceptors (Lipinski definition) is 5. The predicted octanol–water partition coefficient (Wildman–Crippen LogP) is 3.71. The van der Waals surface area contributed by atoms with Crippen molar-refractivity contribution in [2.24, 2.45) is 4.99 Å². The van der Waals surface area contributed by atoms with Crippen LogP contribution in [0.5, 0.6) is 0 Å². The van der Waals surface area contributed by atoms with Crippen LogP contribution in [0.1, 0.15) is 0 Å². The normalized spacial score (nSPS) is 9.68. The standard InChI is InChI=1S/C13H8N2O3S/c16-9-14-10-1-5-12(6-2-10)19-13-7-3-11(4-8-13)15(17)18/h1-8H. The summed E-state index contributed by atoms with van der Waals surface area (Å²) in [4.78, 5) is 25.5. The van der Waals surface area contributed by atoms with E-state index in [-0.39, 0.29) is 5.69 Å². The fourth-order valence-corrected chi connectivity index (χ4v) is 2.23. The van der Waals surface area contributed by atoms with Crippen molar-refractivity contribution in [1.29, 1.82) is 0 Å². The number of non-ortho nitro benzene ring substituents is 1. The van der Waals surface area contributed by atoms with Crippen molar-refractivity contribution in [1.82, 2.24) is 0 Å². The van der Waals surface area contributed by atoms with Crippen molar-refractivity contribution in [2.75, 3.05) is 0 Å². The minimum atomic E-state index is -0.430. The van der Waals surface area contributed by atoms with Gasteiger partial charge in [-0.05, 0) is 36.4 Å². The van der Waals surface area contributed by atoms with E-state index in [1.807, 2.05) is 12.1 Å². The summed E-state index contributed by atoms with van der Waals surface area (Å²) in [6, 6.07) is 13.4. The molecule has 0 aliphatic heterocycles. The maximum absolute atomic E-state index is 10.5. The van der Waals surface area contributed by atoms with Gasteiger partial charge in [-0.15, -0.1) is 0 Å². The molecule has 0 N–H and O–H groups in total. The van der Waals surface area contributed by atoms with Crippen molar-refractivity contribution >= 4 is 29.2 Å². The predicted molar refractivity (Wildman–Crippen MR) is 71.4 cm³/mol. The molecule has 2 aromatic rings. The Balaban J connectivity index is 2.12. The molecule has 0 fully saturated rings. The molecule has 94 valence electrons. The Labute approximate surface area is 113 Å². The Morgan fingerprint density at radius 2 is 1.53 bits per heavy atom. The summed E-state index contributed by atoms with van der Waals surface area (Å²) in [6.45, 7) is 0. The van der Waals surface area contributed by atoms with E-state index >= 15 is 0 Å². The Hall–Kier alpha value is -2.43. The number of carbonyl (C=O) groups excluding carboxylic acids is 1. The number of nitro benzene ring substituents is 1. The van der Waals surface area contributed by atoms with Crippen LogP contribution in [-0.2, 0) is 4.79 Å². The van der Waals surface area contributed by atoms with Gasteiger partial charge in [0.1, 0.15) is 0 Å². The van der Waals surface area contributed by atoms with E-state index in [1.54, 1.807) is 24.3 Å². The van der Waals surface area contributed by atoms with Crippen LogP contribution in [0.15, 0.2) is 63.3 Å². The lowest BCUT2D eigenvalue weighted by Gasteiger charge is -2.01. The second kappa shape index (κ2) is 5.95. The highest BCUT2D eigenvalue weighted by Crippen LogP contribution is 2.30. The zero-order valence-electron chi connectivity index (χ0n) is 9.65. The third-order valence-corrected chi connectivity index (χ3v) is 3.31. The van der Waals surface area contributed by atoms with Crippen LogP contribution in [0.2, 0.25) is 0 Å². The highest BCUT2D eigenvalue weighted by Gasteiger charge is 2.04. The molecule has 5 nitrogen and oxygen atoms in total. The summed E-state index contributed by atoms with van der Waals surface area (Å²) in [5, 5.41) is 10.5. The molecule has 0 aliphatic carbocycles. The molecule has 0 atom stereocenters. The molecule has 2 aromatic carbocycles. The Morgan fingerprint density at radius 1 is 1.00 bits per heavy atom. The van der Waals surface area contributed by atoms with Gasteiger partial charge < -0.3 is 0 Å². The van der Waals surface area contributed by atoms with Crippen molar-refractivity contribution in [3.63, 3.8) is 0 Å². The molecule has 0 heterocycles. The van der Waals surface area contributed by atoms with Crippen LogP contribution in [0.25, 0.3) is 0 Å². The molecular formula is C13H8N2O3S. The average Bonchev–Trinajstić information content (AvgIpc) is 2.42. The summed E-state index contributed by atoms with van der Waals surface area (Å²) in [6.07, 6.45) is 1.47. The molecular weight excluding hydrogens is 264 g/mol. The summed E-state index contributed by atoms with van der Waals surface area (Å²) in [7, 11) is 0. The number of rotatable bonds is 4. The first-order valence-electron chi connectivity index (χ1n) is 5.29. The summed E-state index contributed by atoms with van der Waals surface area (Å²) in [5.74, 6) is 0. The van der Waals surface area contributed by atoms with Crippen molar-refractivity contribution in [3.8, 4) is 0 Å². The Bertz CT molecular complexity index is 588. The van der Waals surface area contributed by atoms with Gasteiger partial charge in [0, 0.05) is 21.9 Å². The Morgan fingerprint density at radius 3 is 2.00 bits per heavy atom. The third kappa shape index (κ3) is 3.51. The molecule has 0 radical (unpaired) electrons.